The second-order valence-corrected chi connectivity index (χ2v) is 5.22. The van der Waals surface area contributed by atoms with E-state index in [1.54, 1.807) is 11.8 Å². The molecule has 19 heavy (non-hydrogen) atoms. The molecule has 1 aromatic heterocycles. The van der Waals surface area contributed by atoms with Gasteiger partial charge in [-0.2, -0.15) is 0 Å². The van der Waals surface area contributed by atoms with Gasteiger partial charge in [0.05, 0.1) is 6.61 Å². The Labute approximate surface area is 118 Å². The lowest BCUT2D eigenvalue weighted by molar-refractivity contribution is 0.282. The molecule has 0 unspecified atom stereocenters. The Bertz CT molecular complexity index is 514. The van der Waals surface area contributed by atoms with Crippen LogP contribution in [0.15, 0.2) is 47.5 Å². The van der Waals surface area contributed by atoms with E-state index in [1.165, 1.54) is 10.5 Å². The van der Waals surface area contributed by atoms with Crippen molar-refractivity contribution in [3.05, 3.63) is 53.7 Å². The Morgan fingerprint density at radius 2 is 1.95 bits per heavy atom. The minimum absolute atomic E-state index is 0.0986. The third-order valence-corrected chi connectivity index (χ3v) is 3.78. The summed E-state index contributed by atoms with van der Waals surface area (Å²) in [6.07, 6.45) is 1.84. The van der Waals surface area contributed by atoms with E-state index in [1.807, 2.05) is 36.5 Å². The molecule has 1 heterocycles. The van der Waals surface area contributed by atoms with Crippen LogP contribution in [0.4, 0.5) is 5.82 Å². The maximum atomic E-state index is 9.00. The van der Waals surface area contributed by atoms with Crippen LogP contribution in [-0.2, 0) is 12.4 Å². The van der Waals surface area contributed by atoms with Crippen molar-refractivity contribution in [1.29, 1.82) is 0 Å². The van der Waals surface area contributed by atoms with Crippen molar-refractivity contribution in [3.63, 3.8) is 0 Å². The Morgan fingerprint density at radius 1 is 1.16 bits per heavy atom. The molecule has 0 aliphatic heterocycles. The van der Waals surface area contributed by atoms with Crippen LogP contribution in [0, 0.1) is 0 Å². The third kappa shape index (κ3) is 4.26. The fourth-order valence-electron chi connectivity index (χ4n) is 1.70. The number of thioether (sulfide) groups is 1. The molecule has 0 aliphatic carbocycles. The number of aromatic nitrogens is 1. The number of aliphatic hydroxyl groups excluding tert-OH is 1. The first-order valence-corrected chi connectivity index (χ1v) is 7.31. The summed E-state index contributed by atoms with van der Waals surface area (Å²) in [5, 5.41) is 12.2. The van der Waals surface area contributed by atoms with E-state index in [-0.39, 0.29) is 6.61 Å². The molecule has 0 fully saturated rings. The second-order valence-electron chi connectivity index (χ2n) is 4.17. The summed E-state index contributed by atoms with van der Waals surface area (Å²) in [6, 6.07) is 12.1. The number of nitrogens with one attached hydrogen (secondary N) is 1. The molecule has 0 amide bonds. The Kier molecular flexibility index (Phi) is 5.24. The Hall–Kier alpha value is -1.52. The number of benzene rings is 1. The van der Waals surface area contributed by atoms with Gasteiger partial charge in [-0.1, -0.05) is 12.1 Å². The highest BCUT2D eigenvalue weighted by Gasteiger charge is 1.99. The minimum atomic E-state index is 0.0986. The van der Waals surface area contributed by atoms with E-state index >= 15 is 0 Å². The second kappa shape index (κ2) is 7.16. The molecule has 0 radical (unpaired) electrons. The smallest absolute Gasteiger partial charge is 0.126 e. The van der Waals surface area contributed by atoms with Crippen LogP contribution in [0.5, 0.6) is 0 Å². The highest BCUT2D eigenvalue weighted by atomic mass is 32.2. The molecule has 2 N–H and O–H groups in total. The van der Waals surface area contributed by atoms with Gasteiger partial charge in [0.2, 0.25) is 0 Å². The number of nitrogens with zero attached hydrogens (tertiary/aromatic N) is 1. The van der Waals surface area contributed by atoms with Gasteiger partial charge in [-0.05, 0) is 42.3 Å². The van der Waals surface area contributed by atoms with E-state index in [2.05, 4.69) is 23.3 Å². The first-order valence-electron chi connectivity index (χ1n) is 6.33. The average Bonchev–Trinajstić information content (AvgIpc) is 2.46. The monoisotopic (exact) mass is 274 g/mol. The predicted molar refractivity (Wildman–Crippen MR) is 80.3 cm³/mol. The van der Waals surface area contributed by atoms with E-state index in [4.69, 9.17) is 5.11 Å². The van der Waals surface area contributed by atoms with Gasteiger partial charge in [0.25, 0.3) is 0 Å². The fraction of sp³-hybridized carbons (Fsp3) is 0.267. The van der Waals surface area contributed by atoms with Gasteiger partial charge in [-0.3, -0.25) is 0 Å². The van der Waals surface area contributed by atoms with Crippen molar-refractivity contribution >= 4 is 17.6 Å². The standard InChI is InChI=1S/C15H18N2OS/c1-2-16-15-9-13(7-8-17-15)11-19-14-5-3-12(10-18)4-6-14/h3-9,18H,2,10-11H2,1H3,(H,16,17). The zero-order valence-corrected chi connectivity index (χ0v) is 11.8. The first kappa shape index (κ1) is 13.9. The molecule has 0 saturated carbocycles. The quantitative estimate of drug-likeness (QED) is 0.793. The van der Waals surface area contributed by atoms with Crippen molar-refractivity contribution in [2.24, 2.45) is 0 Å². The summed E-state index contributed by atoms with van der Waals surface area (Å²) in [7, 11) is 0. The fourth-order valence-corrected chi connectivity index (χ4v) is 2.54. The summed E-state index contributed by atoms with van der Waals surface area (Å²) >= 11 is 1.78. The summed E-state index contributed by atoms with van der Waals surface area (Å²) < 4.78 is 0. The first-order chi connectivity index (χ1) is 9.31. The molecule has 3 nitrogen and oxygen atoms in total. The molecule has 2 rings (SSSR count). The topological polar surface area (TPSA) is 45.1 Å². The molecular weight excluding hydrogens is 256 g/mol. The van der Waals surface area contributed by atoms with Crippen LogP contribution in [0.2, 0.25) is 0 Å². The zero-order chi connectivity index (χ0) is 13.5. The van der Waals surface area contributed by atoms with Gasteiger partial charge in [0.1, 0.15) is 5.82 Å². The number of hydrogen-bond donors (Lipinski definition) is 2. The van der Waals surface area contributed by atoms with Crippen molar-refractivity contribution < 1.29 is 5.11 Å². The molecule has 0 aliphatic rings. The molecule has 0 bridgehead atoms. The van der Waals surface area contributed by atoms with E-state index in [0.29, 0.717) is 0 Å². The number of rotatable bonds is 6. The van der Waals surface area contributed by atoms with E-state index in [0.717, 1.165) is 23.7 Å². The van der Waals surface area contributed by atoms with E-state index < -0.39 is 0 Å². The lowest BCUT2D eigenvalue weighted by Gasteiger charge is -2.06. The summed E-state index contributed by atoms with van der Waals surface area (Å²) in [6.45, 7) is 3.04. The lowest BCUT2D eigenvalue weighted by atomic mass is 10.2. The van der Waals surface area contributed by atoms with Gasteiger partial charge < -0.3 is 10.4 Å². The van der Waals surface area contributed by atoms with Crippen molar-refractivity contribution in [3.8, 4) is 0 Å². The molecule has 0 atom stereocenters. The van der Waals surface area contributed by atoms with E-state index in [9.17, 15) is 0 Å². The molecule has 2 aromatic rings. The van der Waals surface area contributed by atoms with Crippen LogP contribution >= 0.6 is 11.8 Å². The largest absolute Gasteiger partial charge is 0.392 e. The number of anilines is 1. The van der Waals surface area contributed by atoms with Crippen LogP contribution in [-0.4, -0.2) is 16.6 Å². The summed E-state index contributed by atoms with van der Waals surface area (Å²) in [4.78, 5) is 5.47. The van der Waals surface area contributed by atoms with Crippen molar-refractivity contribution in [1.82, 2.24) is 4.98 Å². The van der Waals surface area contributed by atoms with Gasteiger partial charge in [-0.25, -0.2) is 4.98 Å². The molecule has 100 valence electrons. The normalized spacial score (nSPS) is 10.4. The van der Waals surface area contributed by atoms with Gasteiger partial charge in [0, 0.05) is 23.4 Å². The van der Waals surface area contributed by atoms with Gasteiger partial charge in [-0.15, -0.1) is 11.8 Å². The molecule has 4 heteroatoms. The Balaban J connectivity index is 1.95. The molecular formula is C15H18N2OS. The van der Waals surface area contributed by atoms with Crippen LogP contribution in [0.25, 0.3) is 0 Å². The zero-order valence-electron chi connectivity index (χ0n) is 11.0. The molecule has 1 aromatic carbocycles. The Morgan fingerprint density at radius 3 is 2.63 bits per heavy atom. The maximum absolute atomic E-state index is 9.00. The number of hydrogen-bond acceptors (Lipinski definition) is 4. The van der Waals surface area contributed by atoms with Crippen LogP contribution in [0.1, 0.15) is 18.1 Å². The highest BCUT2D eigenvalue weighted by molar-refractivity contribution is 7.98. The van der Waals surface area contributed by atoms with Crippen LogP contribution < -0.4 is 5.32 Å². The molecule has 0 saturated heterocycles. The summed E-state index contributed by atoms with van der Waals surface area (Å²) in [5.41, 5.74) is 2.20. The highest BCUT2D eigenvalue weighted by Crippen LogP contribution is 2.23. The maximum Gasteiger partial charge on any atom is 0.126 e. The minimum Gasteiger partial charge on any atom is -0.392 e. The average molecular weight is 274 g/mol. The SMILES string of the molecule is CCNc1cc(CSc2ccc(CO)cc2)ccn1. The summed E-state index contributed by atoms with van der Waals surface area (Å²) in [5.74, 6) is 1.84. The molecule has 0 spiro atoms. The number of pyridine rings is 1. The van der Waals surface area contributed by atoms with Crippen molar-refractivity contribution in [2.75, 3.05) is 11.9 Å². The van der Waals surface area contributed by atoms with Gasteiger partial charge >= 0.3 is 0 Å². The third-order valence-electron chi connectivity index (χ3n) is 2.69. The van der Waals surface area contributed by atoms with Crippen molar-refractivity contribution in [2.45, 2.75) is 24.2 Å². The van der Waals surface area contributed by atoms with Crippen LogP contribution in [0.3, 0.4) is 0 Å². The predicted octanol–water partition coefficient (Wildman–Crippen LogP) is 3.30. The number of aliphatic hydroxyl groups is 1. The lowest BCUT2D eigenvalue weighted by Crippen LogP contribution is -1.99. The van der Waals surface area contributed by atoms with Gasteiger partial charge in [0.15, 0.2) is 0 Å².